The molecule has 1 amide bonds. The van der Waals surface area contributed by atoms with Gasteiger partial charge >= 0.3 is 0 Å². The van der Waals surface area contributed by atoms with Gasteiger partial charge in [-0.15, -0.1) is 12.4 Å². The number of rotatable bonds is 6. The van der Waals surface area contributed by atoms with Crippen molar-refractivity contribution >= 4 is 34.8 Å². The second kappa shape index (κ2) is 7.92. The molecule has 2 aromatic rings. The highest BCUT2D eigenvalue weighted by Crippen LogP contribution is 2.33. The second-order valence-corrected chi connectivity index (χ2v) is 7.48. The fourth-order valence-electron chi connectivity index (χ4n) is 2.35. The number of nitrogens with two attached hydrogens (primary N) is 1. The molecule has 0 aromatic heterocycles. The summed E-state index contributed by atoms with van der Waals surface area (Å²) in [5.41, 5.74) is 7.91. The minimum absolute atomic E-state index is 0. The Bertz CT molecular complexity index is 733. The van der Waals surface area contributed by atoms with Gasteiger partial charge in [0.25, 0.3) is 0 Å². The summed E-state index contributed by atoms with van der Waals surface area (Å²) in [6.07, 6.45) is 1.47. The van der Waals surface area contributed by atoms with Crippen molar-refractivity contribution in [2.45, 2.75) is 29.9 Å². The van der Waals surface area contributed by atoms with Crippen molar-refractivity contribution in [2.24, 2.45) is 5.73 Å². The third-order valence-corrected chi connectivity index (χ3v) is 5.23. The number of nitrogens with one attached hydrogen (secondary N) is 1. The summed E-state index contributed by atoms with van der Waals surface area (Å²) in [7, 11) is -0.985. The second-order valence-electron chi connectivity index (χ2n) is 6.02. The highest BCUT2D eigenvalue weighted by atomic mass is 35.5. The predicted octanol–water partition coefficient (Wildman–Crippen LogP) is 2.99. The zero-order valence-corrected chi connectivity index (χ0v) is 14.9. The molecule has 1 fully saturated rings. The first-order valence-corrected chi connectivity index (χ1v) is 9.12. The largest absolute Gasteiger partial charge is 0.324 e. The van der Waals surface area contributed by atoms with E-state index < -0.39 is 16.3 Å². The maximum Gasteiger partial charge on any atom is 0.244 e. The average Bonchev–Trinajstić information content (AvgIpc) is 3.28. The summed E-state index contributed by atoms with van der Waals surface area (Å²) in [4.78, 5) is 12.0. The molecular formula is C18H21ClN2O2S. The van der Waals surface area contributed by atoms with E-state index >= 15 is 0 Å². The molecule has 1 unspecified atom stereocenters. The molecule has 0 saturated heterocycles. The van der Waals surface area contributed by atoms with Gasteiger partial charge < -0.3 is 11.1 Å². The van der Waals surface area contributed by atoms with Gasteiger partial charge in [0.15, 0.2) is 0 Å². The highest BCUT2D eigenvalue weighted by molar-refractivity contribution is 7.83. The average molecular weight is 365 g/mol. The smallest absolute Gasteiger partial charge is 0.244 e. The SMILES string of the molecule is Cl.NC1(C(=O)Nc2cccc(CS(=O)Cc3ccccc3)c2)CC1. The van der Waals surface area contributed by atoms with Crippen molar-refractivity contribution in [2.75, 3.05) is 5.32 Å². The molecule has 3 rings (SSSR count). The Morgan fingerprint density at radius 3 is 2.33 bits per heavy atom. The summed E-state index contributed by atoms with van der Waals surface area (Å²) in [6.45, 7) is 0. The number of anilines is 1. The van der Waals surface area contributed by atoms with Crippen LogP contribution >= 0.6 is 12.4 Å². The third-order valence-electron chi connectivity index (χ3n) is 3.92. The van der Waals surface area contributed by atoms with Crippen molar-refractivity contribution in [3.05, 3.63) is 65.7 Å². The Kier molecular flexibility index (Phi) is 6.15. The van der Waals surface area contributed by atoms with E-state index in [1.54, 1.807) is 0 Å². The Morgan fingerprint density at radius 2 is 1.67 bits per heavy atom. The van der Waals surface area contributed by atoms with E-state index in [0.29, 0.717) is 17.2 Å². The summed E-state index contributed by atoms with van der Waals surface area (Å²) >= 11 is 0. The molecule has 2 aromatic carbocycles. The lowest BCUT2D eigenvalue weighted by atomic mass is 10.2. The van der Waals surface area contributed by atoms with Crippen molar-refractivity contribution < 1.29 is 9.00 Å². The number of hydrogen-bond acceptors (Lipinski definition) is 3. The number of amides is 1. The molecule has 0 bridgehead atoms. The zero-order valence-electron chi connectivity index (χ0n) is 13.2. The number of carbonyl (C=O) groups is 1. The molecule has 1 atom stereocenters. The first kappa shape index (κ1) is 18.6. The first-order chi connectivity index (χ1) is 11.0. The van der Waals surface area contributed by atoms with Crippen LogP contribution in [0, 0.1) is 0 Å². The van der Waals surface area contributed by atoms with E-state index in [9.17, 15) is 9.00 Å². The summed E-state index contributed by atoms with van der Waals surface area (Å²) in [5, 5.41) is 2.84. The van der Waals surface area contributed by atoms with E-state index in [0.717, 1.165) is 24.0 Å². The van der Waals surface area contributed by atoms with Gasteiger partial charge in [0.1, 0.15) is 0 Å². The Labute approximate surface area is 150 Å². The maximum absolute atomic E-state index is 12.3. The van der Waals surface area contributed by atoms with Crippen molar-refractivity contribution in [3.63, 3.8) is 0 Å². The molecule has 3 N–H and O–H groups in total. The van der Waals surface area contributed by atoms with Crippen LogP contribution in [-0.4, -0.2) is 15.7 Å². The maximum atomic E-state index is 12.3. The normalized spacial score (nSPS) is 15.9. The molecular weight excluding hydrogens is 344 g/mol. The van der Waals surface area contributed by atoms with Crippen LogP contribution in [0.4, 0.5) is 5.69 Å². The summed E-state index contributed by atoms with van der Waals surface area (Å²) in [5.74, 6) is 0.857. The lowest BCUT2D eigenvalue weighted by Crippen LogP contribution is -2.37. The van der Waals surface area contributed by atoms with Gasteiger partial charge in [0.2, 0.25) is 5.91 Å². The Morgan fingerprint density at radius 1 is 1.04 bits per heavy atom. The first-order valence-electron chi connectivity index (χ1n) is 7.63. The van der Waals surface area contributed by atoms with Gasteiger partial charge in [0.05, 0.1) is 5.54 Å². The Balaban J connectivity index is 0.00000208. The van der Waals surface area contributed by atoms with Crippen molar-refractivity contribution in [1.29, 1.82) is 0 Å². The minimum atomic E-state index is -0.985. The molecule has 0 aliphatic heterocycles. The molecule has 1 aliphatic carbocycles. The lowest BCUT2D eigenvalue weighted by Gasteiger charge is -2.11. The van der Waals surface area contributed by atoms with Crippen LogP contribution in [0.5, 0.6) is 0 Å². The van der Waals surface area contributed by atoms with Gasteiger partial charge in [-0.1, -0.05) is 42.5 Å². The standard InChI is InChI=1S/C18H20N2O2S.ClH/c19-18(9-10-18)17(21)20-16-8-4-7-15(11-16)13-23(22)12-14-5-2-1-3-6-14;/h1-8,11H,9-10,12-13,19H2,(H,20,21);1H. The van der Waals surface area contributed by atoms with Crippen LogP contribution in [0.15, 0.2) is 54.6 Å². The highest BCUT2D eigenvalue weighted by Gasteiger charge is 2.45. The summed E-state index contributed by atoms with van der Waals surface area (Å²) in [6, 6.07) is 17.3. The van der Waals surface area contributed by atoms with Crippen molar-refractivity contribution in [3.8, 4) is 0 Å². The lowest BCUT2D eigenvalue weighted by molar-refractivity contribution is -0.118. The number of halogens is 1. The topological polar surface area (TPSA) is 72.2 Å². The minimum Gasteiger partial charge on any atom is -0.324 e. The van der Waals surface area contributed by atoms with E-state index in [1.165, 1.54) is 0 Å². The molecule has 1 saturated carbocycles. The van der Waals surface area contributed by atoms with Crippen LogP contribution in [0.2, 0.25) is 0 Å². The van der Waals surface area contributed by atoms with Gasteiger partial charge in [-0.2, -0.15) is 0 Å². The van der Waals surface area contributed by atoms with Gasteiger partial charge in [-0.05, 0) is 36.1 Å². The van der Waals surface area contributed by atoms with Crippen molar-refractivity contribution in [1.82, 2.24) is 0 Å². The fraction of sp³-hybridized carbons (Fsp3) is 0.278. The predicted molar refractivity (Wildman–Crippen MR) is 100 cm³/mol. The van der Waals surface area contributed by atoms with Gasteiger partial charge in [-0.25, -0.2) is 0 Å². The third kappa shape index (κ3) is 4.90. The molecule has 6 heteroatoms. The molecule has 128 valence electrons. The van der Waals surface area contributed by atoms with Crippen LogP contribution in [-0.2, 0) is 27.1 Å². The molecule has 24 heavy (non-hydrogen) atoms. The molecule has 0 spiro atoms. The zero-order chi connectivity index (χ0) is 16.3. The van der Waals surface area contributed by atoms with Crippen LogP contribution in [0.3, 0.4) is 0 Å². The monoisotopic (exact) mass is 364 g/mol. The van der Waals surface area contributed by atoms with E-state index in [4.69, 9.17) is 5.73 Å². The number of carbonyl (C=O) groups excluding carboxylic acids is 1. The summed E-state index contributed by atoms with van der Waals surface area (Å²) < 4.78 is 12.3. The Hall–Kier alpha value is -1.69. The van der Waals surface area contributed by atoms with Gasteiger partial charge in [-0.3, -0.25) is 9.00 Å². The van der Waals surface area contributed by atoms with Gasteiger partial charge in [0, 0.05) is 28.0 Å². The number of benzene rings is 2. The fourth-order valence-corrected chi connectivity index (χ4v) is 3.57. The van der Waals surface area contributed by atoms with E-state index in [-0.39, 0.29) is 18.3 Å². The van der Waals surface area contributed by atoms with E-state index in [2.05, 4.69) is 5.32 Å². The molecule has 1 aliphatic rings. The van der Waals surface area contributed by atoms with Crippen LogP contribution in [0.25, 0.3) is 0 Å². The number of hydrogen-bond donors (Lipinski definition) is 2. The molecule has 0 radical (unpaired) electrons. The van der Waals surface area contributed by atoms with E-state index in [1.807, 2.05) is 54.6 Å². The van der Waals surface area contributed by atoms with Crippen LogP contribution < -0.4 is 11.1 Å². The van der Waals surface area contributed by atoms with Crippen LogP contribution in [0.1, 0.15) is 24.0 Å². The molecule has 0 heterocycles. The quantitative estimate of drug-likeness (QED) is 0.827. The molecule has 4 nitrogen and oxygen atoms in total.